The van der Waals surface area contributed by atoms with Gasteiger partial charge >= 0.3 is 5.97 Å². The lowest BCUT2D eigenvalue weighted by molar-refractivity contribution is -0.273. The Balaban J connectivity index is 1.24. The summed E-state index contributed by atoms with van der Waals surface area (Å²) in [6.07, 6.45) is 19.4. The average molecular weight is 641 g/mol. The van der Waals surface area contributed by atoms with Crippen LogP contribution in [0.4, 0.5) is 0 Å². The van der Waals surface area contributed by atoms with Gasteiger partial charge in [-0.1, -0.05) is 113 Å². The Hall–Kier alpha value is -0.870. The fraction of sp³-hybridized carbons (Fsp3) is 0.929. The highest BCUT2D eigenvalue weighted by Gasteiger charge is 2.71. The summed E-state index contributed by atoms with van der Waals surface area (Å²) >= 11 is 0. The van der Waals surface area contributed by atoms with Crippen LogP contribution in [0.2, 0.25) is 0 Å². The van der Waals surface area contributed by atoms with E-state index in [1.807, 2.05) is 0 Å². The summed E-state index contributed by atoms with van der Waals surface area (Å²) in [5.41, 5.74) is 1.08. The minimum atomic E-state index is -0.506. The molecule has 4 nitrogen and oxygen atoms in total. The van der Waals surface area contributed by atoms with Crippen molar-refractivity contribution in [3.63, 3.8) is 0 Å². The van der Waals surface area contributed by atoms with Gasteiger partial charge in [-0.25, -0.2) is 0 Å². The lowest BCUT2D eigenvalue weighted by Crippen LogP contribution is -2.69. The minimum absolute atomic E-state index is 0.00524. The van der Waals surface area contributed by atoms with Gasteiger partial charge in [0.25, 0.3) is 0 Å². The van der Waals surface area contributed by atoms with Crippen LogP contribution in [0.1, 0.15) is 171 Å². The van der Waals surface area contributed by atoms with Gasteiger partial charge in [0.1, 0.15) is 6.10 Å². The van der Waals surface area contributed by atoms with Gasteiger partial charge in [0.05, 0.1) is 12.2 Å². The van der Waals surface area contributed by atoms with Gasteiger partial charge in [0.15, 0.2) is 0 Å². The van der Waals surface area contributed by atoms with Crippen LogP contribution >= 0.6 is 0 Å². The predicted octanol–water partition coefficient (Wildman–Crippen LogP) is 10.4. The highest BCUT2D eigenvalue weighted by Crippen LogP contribution is 2.77. The predicted molar refractivity (Wildman–Crippen MR) is 189 cm³/mol. The van der Waals surface area contributed by atoms with Gasteiger partial charge in [-0.2, -0.15) is 0 Å². The molecule has 264 valence electrons. The van der Waals surface area contributed by atoms with Crippen molar-refractivity contribution in [1.29, 1.82) is 0 Å². The molecule has 0 aromatic carbocycles. The first-order valence-electron chi connectivity index (χ1n) is 19.8. The number of aliphatic hydroxyl groups is 2. The zero-order valence-electron chi connectivity index (χ0n) is 31.3. The summed E-state index contributed by atoms with van der Waals surface area (Å²) in [5, 5.41) is 22.9. The van der Waals surface area contributed by atoms with Crippen LogP contribution in [-0.4, -0.2) is 34.5 Å². The van der Waals surface area contributed by atoms with E-state index in [0.29, 0.717) is 36.5 Å². The van der Waals surface area contributed by atoms with Crippen molar-refractivity contribution in [2.75, 3.05) is 0 Å². The Morgan fingerprint density at radius 1 is 0.783 bits per heavy atom. The molecule has 0 radical (unpaired) electrons. The quantitative estimate of drug-likeness (QED) is 0.134. The molecule has 5 aliphatic carbocycles. The number of ether oxygens (including phenoxy) is 1. The molecule has 5 rings (SSSR count). The minimum Gasteiger partial charge on any atom is -0.462 e. The monoisotopic (exact) mass is 641 g/mol. The summed E-state index contributed by atoms with van der Waals surface area (Å²) in [6.45, 7) is 23.7. The SMILES string of the molecule is C=C1C(O)CC2(C)C(O)CC3(C)C(CCC4C5(C)CCC(OC(=O)CCCCCCCCCCC)C(C)(C)C5CCC43C)C2C1C. The summed E-state index contributed by atoms with van der Waals surface area (Å²) in [5.74, 6) is 2.26. The maximum Gasteiger partial charge on any atom is 0.306 e. The Kier molecular flexibility index (Phi) is 10.6. The third kappa shape index (κ3) is 5.88. The molecule has 5 fully saturated rings. The van der Waals surface area contributed by atoms with E-state index in [1.165, 1.54) is 70.6 Å². The fourth-order valence-electron chi connectivity index (χ4n) is 13.5. The van der Waals surface area contributed by atoms with E-state index in [4.69, 9.17) is 4.74 Å². The topological polar surface area (TPSA) is 66.8 Å². The molecule has 0 heterocycles. The molecular weight excluding hydrogens is 568 g/mol. The standard InChI is InChI=1S/C42H72O4/c1-10-11-12-13-14-15-16-17-18-19-36(45)46-35-23-24-39(6)32(38(35,4)5)22-25-41(8)33(39)21-20-30-37-29(3)28(2)31(43)26-40(37,7)34(44)27-42(30,41)9/h29-35,37,43-44H,2,10-27H2,1,3-9H3. The Bertz CT molecular complexity index is 1100. The number of esters is 1. The lowest BCUT2D eigenvalue weighted by Gasteiger charge is -2.74. The smallest absolute Gasteiger partial charge is 0.306 e. The number of carbonyl (C=O) groups is 1. The maximum atomic E-state index is 13.1. The van der Waals surface area contributed by atoms with E-state index in [2.05, 4.69) is 62.0 Å². The maximum absolute atomic E-state index is 13.1. The second kappa shape index (κ2) is 13.4. The third-order valence-electron chi connectivity index (χ3n) is 16.4. The molecule has 5 saturated carbocycles. The molecular formula is C42H72O4. The van der Waals surface area contributed by atoms with E-state index in [9.17, 15) is 15.0 Å². The Morgan fingerprint density at radius 3 is 2.07 bits per heavy atom. The molecule has 0 saturated heterocycles. The van der Waals surface area contributed by atoms with Crippen LogP contribution in [0.15, 0.2) is 12.2 Å². The van der Waals surface area contributed by atoms with Crippen molar-refractivity contribution in [2.24, 2.45) is 56.7 Å². The number of carbonyl (C=O) groups excluding carboxylic acids is 1. The van der Waals surface area contributed by atoms with E-state index in [-0.39, 0.29) is 45.1 Å². The summed E-state index contributed by atoms with van der Waals surface area (Å²) in [6, 6.07) is 0. The molecule has 12 unspecified atom stereocenters. The molecule has 12 atom stereocenters. The zero-order chi connectivity index (χ0) is 33.7. The molecule has 0 bridgehead atoms. The van der Waals surface area contributed by atoms with E-state index in [1.54, 1.807) is 0 Å². The van der Waals surface area contributed by atoms with Crippen molar-refractivity contribution in [3.8, 4) is 0 Å². The first kappa shape index (κ1) is 36.4. The summed E-state index contributed by atoms with van der Waals surface area (Å²) in [4.78, 5) is 13.1. The molecule has 0 aromatic heterocycles. The van der Waals surface area contributed by atoms with E-state index >= 15 is 0 Å². The fourth-order valence-corrected chi connectivity index (χ4v) is 13.5. The third-order valence-corrected chi connectivity index (χ3v) is 16.4. The Morgan fingerprint density at radius 2 is 1.41 bits per heavy atom. The highest BCUT2D eigenvalue weighted by atomic mass is 16.5. The second-order valence-corrected chi connectivity index (χ2v) is 18.9. The van der Waals surface area contributed by atoms with Gasteiger partial charge in [0, 0.05) is 11.8 Å². The number of fused-ring (bicyclic) bond motifs is 7. The molecule has 2 N–H and O–H groups in total. The van der Waals surface area contributed by atoms with E-state index < -0.39 is 12.2 Å². The summed E-state index contributed by atoms with van der Waals surface area (Å²) in [7, 11) is 0. The molecule has 5 aliphatic rings. The zero-order valence-corrected chi connectivity index (χ0v) is 31.3. The molecule has 0 amide bonds. The van der Waals surface area contributed by atoms with Gasteiger partial charge < -0.3 is 14.9 Å². The first-order chi connectivity index (χ1) is 21.6. The molecule has 0 aromatic rings. The van der Waals surface area contributed by atoms with E-state index in [0.717, 1.165) is 37.7 Å². The van der Waals surface area contributed by atoms with Gasteiger partial charge in [-0.15, -0.1) is 0 Å². The number of unbranched alkanes of at least 4 members (excludes halogenated alkanes) is 8. The molecule has 0 aliphatic heterocycles. The largest absolute Gasteiger partial charge is 0.462 e. The highest BCUT2D eigenvalue weighted by molar-refractivity contribution is 5.69. The molecule has 4 heteroatoms. The van der Waals surface area contributed by atoms with Crippen LogP contribution in [-0.2, 0) is 9.53 Å². The Labute approximate surface area is 283 Å². The van der Waals surface area contributed by atoms with Crippen LogP contribution < -0.4 is 0 Å². The number of hydrogen-bond acceptors (Lipinski definition) is 4. The number of hydrogen-bond donors (Lipinski definition) is 2. The van der Waals surface area contributed by atoms with Gasteiger partial charge in [-0.3, -0.25) is 4.79 Å². The van der Waals surface area contributed by atoms with Crippen LogP contribution in [0.25, 0.3) is 0 Å². The second-order valence-electron chi connectivity index (χ2n) is 18.9. The molecule has 46 heavy (non-hydrogen) atoms. The van der Waals surface area contributed by atoms with Crippen molar-refractivity contribution in [3.05, 3.63) is 12.2 Å². The van der Waals surface area contributed by atoms with Crippen LogP contribution in [0.5, 0.6) is 0 Å². The van der Waals surface area contributed by atoms with Gasteiger partial charge in [0.2, 0.25) is 0 Å². The number of rotatable bonds is 11. The van der Waals surface area contributed by atoms with Crippen LogP contribution in [0.3, 0.4) is 0 Å². The van der Waals surface area contributed by atoms with Crippen molar-refractivity contribution >= 4 is 5.97 Å². The first-order valence-corrected chi connectivity index (χ1v) is 19.8. The van der Waals surface area contributed by atoms with Crippen molar-refractivity contribution in [2.45, 2.75) is 189 Å². The van der Waals surface area contributed by atoms with Crippen LogP contribution in [0, 0.1) is 56.7 Å². The number of aliphatic hydroxyl groups excluding tert-OH is 2. The average Bonchev–Trinajstić information content (AvgIpc) is 2.98. The van der Waals surface area contributed by atoms with Crippen molar-refractivity contribution < 1.29 is 19.7 Å². The van der Waals surface area contributed by atoms with Crippen molar-refractivity contribution in [1.82, 2.24) is 0 Å². The normalized spacial score (nSPS) is 46.4. The van der Waals surface area contributed by atoms with Gasteiger partial charge in [-0.05, 0) is 115 Å². The lowest BCUT2D eigenvalue weighted by atomic mass is 9.31. The molecule has 0 spiro atoms. The summed E-state index contributed by atoms with van der Waals surface area (Å²) < 4.78 is 6.35.